The number of hydrogen-bond donors (Lipinski definition) is 4. The molecular formula is C14H29NO3. The lowest BCUT2D eigenvalue weighted by atomic mass is 9.92. The van der Waals surface area contributed by atoms with Crippen molar-refractivity contribution in [2.75, 3.05) is 6.54 Å². The van der Waals surface area contributed by atoms with Gasteiger partial charge in [0.15, 0.2) is 0 Å². The fraction of sp³-hybridized carbons (Fsp3) is 1.00. The summed E-state index contributed by atoms with van der Waals surface area (Å²) < 4.78 is 0. The Hall–Kier alpha value is -0.160. The minimum absolute atomic E-state index is 0.0703. The maximum atomic E-state index is 9.81. The Morgan fingerprint density at radius 3 is 2.17 bits per heavy atom. The number of rotatable bonds is 8. The molecule has 4 N–H and O–H groups in total. The number of piperidine rings is 1. The normalized spacial score (nSPS) is 32.7. The van der Waals surface area contributed by atoms with E-state index >= 15 is 0 Å². The molecule has 0 radical (unpaired) electrons. The van der Waals surface area contributed by atoms with E-state index in [0.717, 1.165) is 12.8 Å². The van der Waals surface area contributed by atoms with Crippen LogP contribution in [0.4, 0.5) is 0 Å². The molecule has 1 unspecified atom stereocenters. The summed E-state index contributed by atoms with van der Waals surface area (Å²) in [6.07, 6.45) is 6.94. The van der Waals surface area contributed by atoms with Gasteiger partial charge in [0.25, 0.3) is 0 Å². The van der Waals surface area contributed by atoms with Gasteiger partial charge >= 0.3 is 0 Å². The number of hydrogen-bond acceptors (Lipinski definition) is 4. The third-order valence-corrected chi connectivity index (χ3v) is 3.86. The fourth-order valence-corrected chi connectivity index (χ4v) is 2.57. The van der Waals surface area contributed by atoms with Crippen LogP contribution in [0.15, 0.2) is 0 Å². The molecule has 18 heavy (non-hydrogen) atoms. The molecule has 1 heterocycles. The number of aliphatic hydroxyl groups is 3. The molecule has 1 aliphatic rings. The summed E-state index contributed by atoms with van der Waals surface area (Å²) in [6, 6.07) is -0.0703. The Kier molecular flexibility index (Phi) is 7.82. The third-order valence-electron chi connectivity index (χ3n) is 3.86. The number of nitrogens with one attached hydrogen (secondary N) is 1. The van der Waals surface area contributed by atoms with Gasteiger partial charge in [-0.1, -0.05) is 51.9 Å². The van der Waals surface area contributed by atoms with Gasteiger partial charge in [-0.3, -0.25) is 0 Å². The maximum absolute atomic E-state index is 9.81. The Morgan fingerprint density at radius 1 is 0.889 bits per heavy atom. The monoisotopic (exact) mass is 259 g/mol. The molecule has 1 fully saturated rings. The van der Waals surface area contributed by atoms with Crippen molar-refractivity contribution < 1.29 is 15.3 Å². The molecule has 0 aromatic heterocycles. The zero-order chi connectivity index (χ0) is 13.4. The highest BCUT2D eigenvalue weighted by Crippen LogP contribution is 2.16. The van der Waals surface area contributed by atoms with Gasteiger partial charge in [-0.15, -0.1) is 0 Å². The lowest BCUT2D eigenvalue weighted by molar-refractivity contribution is -0.0952. The van der Waals surface area contributed by atoms with Crippen LogP contribution in [0.3, 0.4) is 0 Å². The molecule has 1 aliphatic heterocycles. The highest BCUT2D eigenvalue weighted by Gasteiger charge is 2.35. The van der Waals surface area contributed by atoms with E-state index in [4.69, 9.17) is 0 Å². The van der Waals surface area contributed by atoms with Gasteiger partial charge in [0.05, 0.1) is 12.2 Å². The molecule has 0 bridgehead atoms. The van der Waals surface area contributed by atoms with E-state index < -0.39 is 18.3 Å². The van der Waals surface area contributed by atoms with Gasteiger partial charge in [0, 0.05) is 12.6 Å². The minimum Gasteiger partial charge on any atom is -0.389 e. The molecule has 0 spiro atoms. The first-order valence-corrected chi connectivity index (χ1v) is 7.44. The van der Waals surface area contributed by atoms with Crippen LogP contribution in [0, 0.1) is 0 Å². The Bertz CT molecular complexity index is 213. The Balaban J connectivity index is 2.05. The first-order valence-electron chi connectivity index (χ1n) is 7.44. The minimum atomic E-state index is -0.999. The lowest BCUT2D eigenvalue weighted by Gasteiger charge is -2.36. The van der Waals surface area contributed by atoms with E-state index in [2.05, 4.69) is 12.2 Å². The van der Waals surface area contributed by atoms with Crippen LogP contribution in [-0.4, -0.2) is 46.2 Å². The molecule has 1 rings (SSSR count). The largest absolute Gasteiger partial charge is 0.389 e. The summed E-state index contributed by atoms with van der Waals surface area (Å²) in [6.45, 7) is 2.59. The summed E-state index contributed by atoms with van der Waals surface area (Å²) in [5.41, 5.74) is 0. The predicted molar refractivity (Wildman–Crippen MR) is 72.4 cm³/mol. The van der Waals surface area contributed by atoms with Crippen LogP contribution in [0.2, 0.25) is 0 Å². The smallest absolute Gasteiger partial charge is 0.108 e. The quantitative estimate of drug-likeness (QED) is 0.494. The van der Waals surface area contributed by atoms with E-state index in [1.165, 1.54) is 38.5 Å². The molecule has 0 amide bonds. The van der Waals surface area contributed by atoms with Crippen molar-refractivity contribution >= 4 is 0 Å². The van der Waals surface area contributed by atoms with Crippen molar-refractivity contribution in [3.05, 3.63) is 0 Å². The summed E-state index contributed by atoms with van der Waals surface area (Å²) in [7, 11) is 0. The molecule has 4 heteroatoms. The average molecular weight is 259 g/mol. The number of β-amino-alcohol motifs (C(OH)–C–C–N with tert-alkyl or cyclic N) is 1. The second-order valence-corrected chi connectivity index (χ2v) is 5.47. The summed E-state index contributed by atoms with van der Waals surface area (Å²) >= 11 is 0. The van der Waals surface area contributed by atoms with Crippen molar-refractivity contribution in [3.8, 4) is 0 Å². The van der Waals surface area contributed by atoms with E-state index in [1.807, 2.05) is 0 Å². The molecule has 0 aromatic rings. The number of aliphatic hydroxyl groups excluding tert-OH is 3. The van der Waals surface area contributed by atoms with E-state index in [1.54, 1.807) is 0 Å². The highest BCUT2D eigenvalue weighted by molar-refractivity contribution is 4.91. The zero-order valence-corrected chi connectivity index (χ0v) is 11.5. The standard InChI is InChI=1S/C14H29NO3/c1-2-3-4-5-6-7-8-9-11-13(17)14(18)12(16)10-15-11/h11-18H,2-10H2,1H3/t11-,12-,13?,14+/m0/s1. The molecule has 0 saturated carbocycles. The van der Waals surface area contributed by atoms with Crippen molar-refractivity contribution in [1.29, 1.82) is 0 Å². The van der Waals surface area contributed by atoms with Gasteiger partial charge in [0.1, 0.15) is 6.10 Å². The second kappa shape index (κ2) is 8.86. The van der Waals surface area contributed by atoms with Gasteiger partial charge in [-0.25, -0.2) is 0 Å². The summed E-state index contributed by atoms with van der Waals surface area (Å²) in [4.78, 5) is 0. The highest BCUT2D eigenvalue weighted by atomic mass is 16.4. The lowest BCUT2D eigenvalue weighted by Crippen LogP contribution is -2.59. The molecule has 4 atom stereocenters. The van der Waals surface area contributed by atoms with Crippen molar-refractivity contribution in [2.45, 2.75) is 82.6 Å². The average Bonchev–Trinajstić information content (AvgIpc) is 2.37. The maximum Gasteiger partial charge on any atom is 0.108 e. The van der Waals surface area contributed by atoms with Gasteiger partial charge in [-0.2, -0.15) is 0 Å². The Labute approximate surface area is 110 Å². The fourth-order valence-electron chi connectivity index (χ4n) is 2.57. The zero-order valence-electron chi connectivity index (χ0n) is 11.5. The first kappa shape index (κ1) is 15.9. The van der Waals surface area contributed by atoms with Crippen LogP contribution in [0.1, 0.15) is 58.3 Å². The van der Waals surface area contributed by atoms with Crippen LogP contribution >= 0.6 is 0 Å². The van der Waals surface area contributed by atoms with Crippen LogP contribution in [-0.2, 0) is 0 Å². The van der Waals surface area contributed by atoms with Crippen molar-refractivity contribution in [1.82, 2.24) is 5.32 Å². The molecule has 1 saturated heterocycles. The number of unbranched alkanes of at least 4 members (excludes halogenated alkanes) is 6. The first-order chi connectivity index (χ1) is 8.66. The van der Waals surface area contributed by atoms with Gasteiger partial charge in [0.2, 0.25) is 0 Å². The van der Waals surface area contributed by atoms with E-state index in [9.17, 15) is 15.3 Å². The predicted octanol–water partition coefficient (Wildman–Crippen LogP) is 1.18. The Morgan fingerprint density at radius 2 is 1.50 bits per heavy atom. The van der Waals surface area contributed by atoms with E-state index in [0.29, 0.717) is 6.54 Å². The van der Waals surface area contributed by atoms with Crippen LogP contribution < -0.4 is 5.32 Å². The summed E-state index contributed by atoms with van der Waals surface area (Å²) in [5, 5.41) is 31.9. The third kappa shape index (κ3) is 5.22. The van der Waals surface area contributed by atoms with Gasteiger partial charge < -0.3 is 20.6 Å². The second-order valence-electron chi connectivity index (χ2n) is 5.47. The molecular weight excluding hydrogens is 230 g/mol. The van der Waals surface area contributed by atoms with E-state index in [-0.39, 0.29) is 6.04 Å². The summed E-state index contributed by atoms with van der Waals surface area (Å²) in [5.74, 6) is 0. The molecule has 0 aliphatic carbocycles. The van der Waals surface area contributed by atoms with Crippen LogP contribution in [0.5, 0.6) is 0 Å². The molecule has 108 valence electrons. The van der Waals surface area contributed by atoms with Crippen LogP contribution in [0.25, 0.3) is 0 Å². The molecule has 4 nitrogen and oxygen atoms in total. The molecule has 0 aromatic carbocycles. The van der Waals surface area contributed by atoms with Gasteiger partial charge in [-0.05, 0) is 6.42 Å². The topological polar surface area (TPSA) is 72.7 Å². The van der Waals surface area contributed by atoms with Crippen molar-refractivity contribution in [2.24, 2.45) is 0 Å². The SMILES string of the molecule is CCCCCCCCC[C@@H]1NC[C@H](O)[C@@H](O)C1O. The van der Waals surface area contributed by atoms with Crippen molar-refractivity contribution in [3.63, 3.8) is 0 Å².